The maximum atomic E-state index is 13.0. The summed E-state index contributed by atoms with van der Waals surface area (Å²) in [4.78, 5) is 1.08. The molecule has 1 aliphatic rings. The number of halogens is 2. The molecule has 0 saturated carbocycles. The van der Waals surface area contributed by atoms with Crippen LogP contribution in [-0.2, 0) is 6.42 Å². The highest BCUT2D eigenvalue weighted by Crippen LogP contribution is 2.36. The maximum absolute atomic E-state index is 13.0. The number of benzene rings is 2. The van der Waals surface area contributed by atoms with Crippen molar-refractivity contribution >= 4 is 23.4 Å². The van der Waals surface area contributed by atoms with E-state index in [0.29, 0.717) is 17.2 Å². The Kier molecular flexibility index (Phi) is 4.38. The van der Waals surface area contributed by atoms with E-state index < -0.39 is 6.10 Å². The zero-order chi connectivity index (χ0) is 14.8. The molecule has 2 unspecified atom stereocenters. The fraction of sp³-hybridized carbons (Fsp3) is 0.250. The van der Waals surface area contributed by atoms with Gasteiger partial charge in [0.25, 0.3) is 0 Å². The minimum Gasteiger partial charge on any atom is -0.486 e. The lowest BCUT2D eigenvalue weighted by Gasteiger charge is -2.29. The monoisotopic (exact) mass is 324 g/mol. The first-order valence-electron chi connectivity index (χ1n) is 6.64. The molecule has 1 aliphatic heterocycles. The van der Waals surface area contributed by atoms with E-state index in [1.807, 2.05) is 24.3 Å². The van der Waals surface area contributed by atoms with Gasteiger partial charge in [0.1, 0.15) is 17.7 Å². The second kappa shape index (κ2) is 6.26. The molecule has 3 rings (SSSR count). The molecule has 110 valence electrons. The van der Waals surface area contributed by atoms with Crippen LogP contribution in [0.1, 0.15) is 5.56 Å². The van der Waals surface area contributed by atoms with E-state index in [-0.39, 0.29) is 11.9 Å². The van der Waals surface area contributed by atoms with E-state index in [0.717, 1.165) is 16.2 Å². The molecule has 0 bridgehead atoms. The Bertz CT molecular complexity index is 650. The van der Waals surface area contributed by atoms with Gasteiger partial charge in [-0.15, -0.1) is 11.8 Å². The van der Waals surface area contributed by atoms with Gasteiger partial charge in [0.15, 0.2) is 0 Å². The van der Waals surface area contributed by atoms with Crippen LogP contribution in [0.3, 0.4) is 0 Å². The number of hydrogen-bond acceptors (Lipinski definition) is 3. The van der Waals surface area contributed by atoms with Crippen molar-refractivity contribution in [3.05, 3.63) is 58.9 Å². The van der Waals surface area contributed by atoms with Gasteiger partial charge < -0.3 is 9.84 Å². The molecule has 2 aromatic rings. The van der Waals surface area contributed by atoms with E-state index in [9.17, 15) is 9.50 Å². The van der Waals surface area contributed by atoms with Gasteiger partial charge >= 0.3 is 0 Å². The van der Waals surface area contributed by atoms with Crippen molar-refractivity contribution in [3.63, 3.8) is 0 Å². The van der Waals surface area contributed by atoms with Crippen LogP contribution in [0.15, 0.2) is 47.4 Å². The number of thioether (sulfide) groups is 1. The second-order valence-corrected chi connectivity index (χ2v) is 6.39. The summed E-state index contributed by atoms with van der Waals surface area (Å²) in [6.45, 7) is 0. The quantitative estimate of drug-likeness (QED) is 0.927. The van der Waals surface area contributed by atoms with Crippen molar-refractivity contribution in [2.45, 2.75) is 23.5 Å². The molecule has 0 aromatic heterocycles. The molecule has 0 fully saturated rings. The van der Waals surface area contributed by atoms with Crippen LogP contribution in [0.2, 0.25) is 5.02 Å². The van der Waals surface area contributed by atoms with Crippen LogP contribution in [0, 0.1) is 5.82 Å². The predicted molar refractivity (Wildman–Crippen MR) is 82.7 cm³/mol. The summed E-state index contributed by atoms with van der Waals surface area (Å²) in [6.07, 6.45) is -0.646. The number of ether oxygens (including phenoxy) is 1. The summed E-state index contributed by atoms with van der Waals surface area (Å²) in [5.74, 6) is 1.09. The van der Waals surface area contributed by atoms with Crippen molar-refractivity contribution in [3.8, 4) is 5.75 Å². The molecular weight excluding hydrogens is 311 g/mol. The summed E-state index contributed by atoms with van der Waals surface area (Å²) < 4.78 is 18.9. The van der Waals surface area contributed by atoms with Crippen LogP contribution in [0.5, 0.6) is 5.75 Å². The molecule has 5 heteroatoms. The first-order valence-corrected chi connectivity index (χ1v) is 8.00. The Labute approximate surface area is 131 Å². The highest BCUT2D eigenvalue weighted by atomic mass is 35.5. The second-order valence-electron chi connectivity index (χ2n) is 4.92. The third-order valence-electron chi connectivity index (χ3n) is 3.40. The standard InChI is InChI=1S/C16H14ClFO2S/c17-12-8-11(18)6-5-10(12)7-13(19)15-9-21-16-4-2-1-3-14(16)20-15/h1-6,8,13,15,19H,7,9H2. The van der Waals surface area contributed by atoms with Crippen molar-refractivity contribution in [2.75, 3.05) is 5.75 Å². The van der Waals surface area contributed by atoms with Crippen LogP contribution in [0.4, 0.5) is 4.39 Å². The molecule has 0 amide bonds. The van der Waals surface area contributed by atoms with E-state index in [1.54, 1.807) is 17.8 Å². The zero-order valence-corrected chi connectivity index (χ0v) is 12.7. The SMILES string of the molecule is OC(Cc1ccc(F)cc1Cl)C1CSc2ccccc2O1. The molecule has 0 saturated heterocycles. The van der Waals surface area contributed by atoms with Gasteiger partial charge in [-0.05, 0) is 29.8 Å². The van der Waals surface area contributed by atoms with Gasteiger partial charge in [0, 0.05) is 22.1 Å². The molecule has 21 heavy (non-hydrogen) atoms. The van der Waals surface area contributed by atoms with Gasteiger partial charge in [-0.25, -0.2) is 4.39 Å². The molecule has 0 aliphatic carbocycles. The summed E-state index contributed by atoms with van der Waals surface area (Å²) in [5, 5.41) is 10.7. The summed E-state index contributed by atoms with van der Waals surface area (Å²) >= 11 is 7.66. The third-order valence-corrected chi connectivity index (χ3v) is 4.90. The highest BCUT2D eigenvalue weighted by Gasteiger charge is 2.27. The van der Waals surface area contributed by atoms with Crippen molar-refractivity contribution < 1.29 is 14.2 Å². The van der Waals surface area contributed by atoms with Gasteiger partial charge in [0.05, 0.1) is 6.10 Å². The largest absolute Gasteiger partial charge is 0.486 e. The minimum atomic E-state index is -0.686. The summed E-state index contributed by atoms with van der Waals surface area (Å²) in [5.41, 5.74) is 0.720. The van der Waals surface area contributed by atoms with Gasteiger partial charge in [-0.1, -0.05) is 29.8 Å². The number of aliphatic hydroxyl groups excluding tert-OH is 1. The lowest BCUT2D eigenvalue weighted by molar-refractivity contribution is 0.0468. The number of rotatable bonds is 3. The van der Waals surface area contributed by atoms with Crippen molar-refractivity contribution in [1.82, 2.24) is 0 Å². The Morgan fingerprint density at radius 3 is 2.95 bits per heavy atom. The molecule has 1 heterocycles. The Morgan fingerprint density at radius 1 is 1.33 bits per heavy atom. The maximum Gasteiger partial charge on any atom is 0.134 e. The van der Waals surface area contributed by atoms with E-state index >= 15 is 0 Å². The van der Waals surface area contributed by atoms with Crippen LogP contribution < -0.4 is 4.74 Å². The topological polar surface area (TPSA) is 29.5 Å². The van der Waals surface area contributed by atoms with Gasteiger partial charge in [-0.3, -0.25) is 0 Å². The molecule has 2 nitrogen and oxygen atoms in total. The molecular formula is C16H14ClFO2S. The Balaban J connectivity index is 1.70. The number of hydrogen-bond donors (Lipinski definition) is 1. The van der Waals surface area contributed by atoms with Crippen molar-refractivity contribution in [1.29, 1.82) is 0 Å². The van der Waals surface area contributed by atoms with Gasteiger partial charge in [0.2, 0.25) is 0 Å². The molecule has 1 N–H and O–H groups in total. The highest BCUT2D eigenvalue weighted by molar-refractivity contribution is 7.99. The van der Waals surface area contributed by atoms with Crippen molar-refractivity contribution in [2.24, 2.45) is 0 Å². The summed E-state index contributed by atoms with van der Waals surface area (Å²) in [6, 6.07) is 12.0. The molecule has 2 atom stereocenters. The zero-order valence-electron chi connectivity index (χ0n) is 11.1. The normalized spacial score (nSPS) is 18.7. The summed E-state index contributed by atoms with van der Waals surface area (Å²) in [7, 11) is 0. The van der Waals surface area contributed by atoms with E-state index in [2.05, 4.69) is 0 Å². The number of fused-ring (bicyclic) bond motifs is 1. The Morgan fingerprint density at radius 2 is 2.14 bits per heavy atom. The molecule has 0 radical (unpaired) electrons. The predicted octanol–water partition coefficient (Wildman–Crippen LogP) is 3.94. The van der Waals surface area contributed by atoms with Gasteiger partial charge in [-0.2, -0.15) is 0 Å². The Hall–Kier alpha value is -1.23. The minimum absolute atomic E-state index is 0.300. The van der Waals surface area contributed by atoms with Crippen LogP contribution in [-0.4, -0.2) is 23.1 Å². The smallest absolute Gasteiger partial charge is 0.134 e. The van der Waals surface area contributed by atoms with E-state index in [4.69, 9.17) is 16.3 Å². The van der Waals surface area contributed by atoms with Crippen LogP contribution >= 0.6 is 23.4 Å². The number of para-hydroxylation sites is 1. The first kappa shape index (κ1) is 14.7. The fourth-order valence-corrected chi connectivity index (χ4v) is 3.58. The lowest BCUT2D eigenvalue weighted by Crippen LogP contribution is -2.37. The molecule has 2 aromatic carbocycles. The average molecular weight is 325 g/mol. The fourth-order valence-electron chi connectivity index (χ4n) is 2.27. The van der Waals surface area contributed by atoms with Crippen LogP contribution in [0.25, 0.3) is 0 Å². The average Bonchev–Trinajstić information content (AvgIpc) is 2.49. The lowest BCUT2D eigenvalue weighted by atomic mass is 10.0. The van der Waals surface area contributed by atoms with E-state index in [1.165, 1.54) is 12.1 Å². The third kappa shape index (κ3) is 3.34. The number of aliphatic hydroxyl groups is 1. The molecule has 0 spiro atoms. The first-order chi connectivity index (χ1) is 10.1.